The van der Waals surface area contributed by atoms with Gasteiger partial charge in [-0.2, -0.15) is 0 Å². The zero-order valence-electron chi connectivity index (χ0n) is 9.02. The number of hydrogen-bond acceptors (Lipinski definition) is 2. The Morgan fingerprint density at radius 1 is 1.38 bits per heavy atom. The Labute approximate surface area is 108 Å². The molecule has 0 unspecified atom stereocenters. The Morgan fingerprint density at radius 3 is 2.94 bits per heavy atom. The largest absolute Gasteiger partial charge is 0.459 e. The molecule has 0 amide bonds. The van der Waals surface area contributed by atoms with E-state index in [1.54, 1.807) is 0 Å². The van der Waals surface area contributed by atoms with Crippen LogP contribution in [0.4, 0.5) is 0 Å². The lowest BCUT2D eigenvalue weighted by molar-refractivity contribution is 0.512. The topological polar surface area (TPSA) is 25.2 Å². The van der Waals surface area contributed by atoms with Crippen LogP contribution in [0.15, 0.2) is 27.1 Å². The highest BCUT2D eigenvalue weighted by Gasteiger charge is 2.07. The van der Waals surface area contributed by atoms with E-state index in [9.17, 15) is 0 Å². The average molecular weight is 303 g/mol. The highest BCUT2D eigenvalue weighted by atomic mass is 79.9. The van der Waals surface area contributed by atoms with E-state index in [-0.39, 0.29) is 0 Å². The lowest BCUT2D eigenvalue weighted by atomic mass is 10.2. The van der Waals surface area contributed by atoms with Crippen molar-refractivity contribution in [1.82, 2.24) is 5.32 Å². The van der Waals surface area contributed by atoms with Crippen molar-refractivity contribution in [2.75, 3.05) is 6.54 Å². The fourth-order valence-electron chi connectivity index (χ4n) is 1.60. The van der Waals surface area contributed by atoms with Gasteiger partial charge in [0.05, 0.1) is 11.0 Å². The Bertz CT molecular complexity index is 495. The SMILES string of the molecule is CCCNCc1cc2cc(Cl)cc(Br)c2o1. The molecule has 1 aromatic carbocycles. The molecule has 0 saturated heterocycles. The van der Waals surface area contributed by atoms with Crippen molar-refractivity contribution in [1.29, 1.82) is 0 Å². The minimum Gasteiger partial charge on any atom is -0.459 e. The van der Waals surface area contributed by atoms with Crippen LogP contribution in [0.3, 0.4) is 0 Å². The van der Waals surface area contributed by atoms with Crippen LogP contribution in [0.2, 0.25) is 5.02 Å². The zero-order valence-corrected chi connectivity index (χ0v) is 11.4. The lowest BCUT2D eigenvalue weighted by Crippen LogP contribution is -2.12. The third-order valence-electron chi connectivity index (χ3n) is 2.31. The van der Waals surface area contributed by atoms with Gasteiger partial charge in [-0.25, -0.2) is 0 Å². The maximum atomic E-state index is 5.97. The number of halogens is 2. The highest BCUT2D eigenvalue weighted by molar-refractivity contribution is 9.10. The predicted molar refractivity (Wildman–Crippen MR) is 70.9 cm³/mol. The minimum atomic E-state index is 0.716. The fraction of sp³-hybridized carbons (Fsp3) is 0.333. The summed E-state index contributed by atoms with van der Waals surface area (Å²) >= 11 is 9.42. The summed E-state index contributed by atoms with van der Waals surface area (Å²) in [4.78, 5) is 0. The lowest BCUT2D eigenvalue weighted by Gasteiger charge is -1.98. The number of rotatable bonds is 4. The first kappa shape index (κ1) is 12.0. The van der Waals surface area contributed by atoms with Gasteiger partial charge in [0.1, 0.15) is 11.3 Å². The highest BCUT2D eigenvalue weighted by Crippen LogP contribution is 2.30. The molecular formula is C12H13BrClNO. The van der Waals surface area contributed by atoms with Crippen LogP contribution in [0, 0.1) is 0 Å². The number of fused-ring (bicyclic) bond motifs is 1. The summed E-state index contributed by atoms with van der Waals surface area (Å²) in [6.07, 6.45) is 1.12. The van der Waals surface area contributed by atoms with Crippen molar-refractivity contribution in [3.05, 3.63) is 33.5 Å². The van der Waals surface area contributed by atoms with Crippen molar-refractivity contribution in [2.45, 2.75) is 19.9 Å². The van der Waals surface area contributed by atoms with E-state index in [1.165, 1.54) is 0 Å². The summed E-state index contributed by atoms with van der Waals surface area (Å²) in [6.45, 7) is 3.90. The smallest absolute Gasteiger partial charge is 0.148 e. The molecule has 1 heterocycles. The second-order valence-electron chi connectivity index (χ2n) is 3.70. The van der Waals surface area contributed by atoms with Gasteiger partial charge in [0.2, 0.25) is 0 Å². The Balaban J connectivity index is 2.26. The van der Waals surface area contributed by atoms with Gasteiger partial charge < -0.3 is 9.73 Å². The zero-order chi connectivity index (χ0) is 11.5. The summed E-state index contributed by atoms with van der Waals surface area (Å²) < 4.78 is 6.63. The van der Waals surface area contributed by atoms with E-state index in [2.05, 4.69) is 28.2 Å². The normalized spacial score (nSPS) is 11.2. The molecule has 2 aromatic rings. The first-order valence-corrected chi connectivity index (χ1v) is 6.46. The van der Waals surface area contributed by atoms with Crippen LogP contribution in [-0.4, -0.2) is 6.54 Å². The van der Waals surface area contributed by atoms with Crippen LogP contribution in [0.5, 0.6) is 0 Å². The molecule has 16 heavy (non-hydrogen) atoms. The molecule has 86 valence electrons. The molecule has 0 aliphatic carbocycles. The van der Waals surface area contributed by atoms with Crippen molar-refractivity contribution in [3.63, 3.8) is 0 Å². The molecule has 0 fully saturated rings. The summed E-state index contributed by atoms with van der Waals surface area (Å²) in [5.41, 5.74) is 0.859. The van der Waals surface area contributed by atoms with E-state index in [0.717, 1.165) is 40.7 Å². The molecule has 0 bridgehead atoms. The van der Waals surface area contributed by atoms with Gasteiger partial charge in [0.25, 0.3) is 0 Å². The molecule has 0 radical (unpaired) electrons. The molecule has 0 spiro atoms. The molecule has 1 N–H and O–H groups in total. The quantitative estimate of drug-likeness (QED) is 0.850. The van der Waals surface area contributed by atoms with E-state index >= 15 is 0 Å². The van der Waals surface area contributed by atoms with Crippen molar-refractivity contribution >= 4 is 38.5 Å². The second kappa shape index (κ2) is 5.21. The third kappa shape index (κ3) is 2.59. The molecule has 4 heteroatoms. The molecule has 2 rings (SSSR count). The minimum absolute atomic E-state index is 0.716. The monoisotopic (exact) mass is 301 g/mol. The summed E-state index contributed by atoms with van der Waals surface area (Å²) in [5, 5.41) is 5.06. The standard InChI is InChI=1S/C12H13BrClNO/c1-2-3-15-7-10-5-8-4-9(14)6-11(13)12(8)16-10/h4-6,15H,2-3,7H2,1H3. The van der Waals surface area contributed by atoms with Gasteiger partial charge >= 0.3 is 0 Å². The van der Waals surface area contributed by atoms with Crippen molar-refractivity contribution in [2.24, 2.45) is 0 Å². The summed E-state index contributed by atoms with van der Waals surface area (Å²) in [7, 11) is 0. The molecule has 0 aliphatic rings. The van der Waals surface area contributed by atoms with Crippen molar-refractivity contribution < 1.29 is 4.42 Å². The van der Waals surface area contributed by atoms with E-state index in [4.69, 9.17) is 16.0 Å². The number of hydrogen-bond donors (Lipinski definition) is 1. The van der Waals surface area contributed by atoms with Crippen LogP contribution in [0.1, 0.15) is 19.1 Å². The molecule has 0 saturated carbocycles. The number of benzene rings is 1. The number of nitrogens with one attached hydrogen (secondary N) is 1. The maximum absolute atomic E-state index is 5.97. The summed E-state index contributed by atoms with van der Waals surface area (Å²) in [5.74, 6) is 0.936. The molecule has 0 atom stereocenters. The average Bonchev–Trinajstić information content (AvgIpc) is 2.61. The third-order valence-corrected chi connectivity index (χ3v) is 3.12. The predicted octanol–water partition coefficient (Wildman–Crippen LogP) is 4.35. The van der Waals surface area contributed by atoms with Gasteiger partial charge in [-0.1, -0.05) is 18.5 Å². The van der Waals surface area contributed by atoms with Crippen LogP contribution >= 0.6 is 27.5 Å². The Morgan fingerprint density at radius 2 is 2.19 bits per heavy atom. The fourth-order valence-corrected chi connectivity index (χ4v) is 2.52. The maximum Gasteiger partial charge on any atom is 0.148 e. The summed E-state index contributed by atoms with van der Waals surface area (Å²) in [6, 6.07) is 5.78. The first-order chi connectivity index (χ1) is 7.70. The Kier molecular flexibility index (Phi) is 3.90. The van der Waals surface area contributed by atoms with Gasteiger partial charge in [-0.05, 0) is 47.1 Å². The van der Waals surface area contributed by atoms with E-state index in [0.29, 0.717) is 5.02 Å². The Hall–Kier alpha value is -0.510. The van der Waals surface area contributed by atoms with Crippen LogP contribution in [0.25, 0.3) is 11.0 Å². The van der Waals surface area contributed by atoms with Gasteiger partial charge in [0.15, 0.2) is 0 Å². The molecular weight excluding hydrogens is 289 g/mol. The second-order valence-corrected chi connectivity index (χ2v) is 4.99. The first-order valence-electron chi connectivity index (χ1n) is 5.29. The van der Waals surface area contributed by atoms with Gasteiger partial charge in [0, 0.05) is 10.4 Å². The molecule has 2 nitrogen and oxygen atoms in total. The van der Waals surface area contributed by atoms with Gasteiger partial charge in [-0.15, -0.1) is 0 Å². The van der Waals surface area contributed by atoms with Gasteiger partial charge in [-0.3, -0.25) is 0 Å². The van der Waals surface area contributed by atoms with Crippen LogP contribution in [-0.2, 0) is 6.54 Å². The van der Waals surface area contributed by atoms with Crippen LogP contribution < -0.4 is 5.32 Å². The van der Waals surface area contributed by atoms with E-state index < -0.39 is 0 Å². The molecule has 0 aliphatic heterocycles. The van der Waals surface area contributed by atoms with Crippen molar-refractivity contribution in [3.8, 4) is 0 Å². The van der Waals surface area contributed by atoms with E-state index in [1.807, 2.05) is 18.2 Å². The molecule has 1 aromatic heterocycles. The number of furan rings is 1.